The minimum absolute atomic E-state index is 0.565. The SMILES string of the molecule is F[P-](F)(F)(F)(F)F.F[P-](F)(F)(F)(F)F.c1cc(OCC[n+]2ccc(-c3ccncc3)cc2)c2cccc(OCC[n+]3ccc(-c4ccncc4)cc3)c2c1. The molecule has 0 atom stereocenters. The number of pyridine rings is 4. The first kappa shape index (κ1) is 41.7. The second-order valence-corrected chi connectivity index (χ2v) is 15.2. The molecule has 0 saturated heterocycles. The molecule has 0 spiro atoms. The quantitative estimate of drug-likeness (QED) is 0.0785. The third-order valence-corrected chi connectivity index (χ3v) is 6.87. The number of benzene rings is 2. The molecule has 6 aromatic rings. The summed E-state index contributed by atoms with van der Waals surface area (Å²) in [5.41, 5.74) is 4.65. The molecule has 6 rings (SSSR count). The van der Waals surface area contributed by atoms with Crippen LogP contribution in [0.5, 0.6) is 11.5 Å². The van der Waals surface area contributed by atoms with Gasteiger partial charge in [-0.05, 0) is 58.7 Å². The molecule has 0 fully saturated rings. The third kappa shape index (κ3) is 17.6. The Morgan fingerprint density at radius 2 is 0.685 bits per heavy atom. The molecule has 0 aliphatic heterocycles. The van der Waals surface area contributed by atoms with Crippen molar-refractivity contribution >= 4 is 26.4 Å². The average molecular weight is 817 g/mol. The summed E-state index contributed by atoms with van der Waals surface area (Å²) in [6, 6.07) is 28.8. The summed E-state index contributed by atoms with van der Waals surface area (Å²) in [6.45, 7) is 2.63. The van der Waals surface area contributed by atoms with Gasteiger partial charge >= 0.3 is 66.0 Å². The maximum atomic E-state index is 9.87. The normalized spacial score (nSPS) is 14.1. The number of halogens is 12. The molecule has 0 amide bonds. The fraction of sp³-hybridized carbons (Fsp3) is 0.118. The van der Waals surface area contributed by atoms with E-state index in [1.807, 2.05) is 73.3 Å². The largest absolute Gasteiger partial charge is 0.486 e. The minimum atomic E-state index is -10.7. The Labute approximate surface area is 299 Å². The van der Waals surface area contributed by atoms with Gasteiger partial charge in [-0.15, -0.1) is 0 Å². The monoisotopic (exact) mass is 816 g/mol. The predicted octanol–water partition coefficient (Wildman–Crippen LogP) is 12.5. The number of aromatic nitrogens is 4. The van der Waals surface area contributed by atoms with Crippen LogP contribution in [-0.4, -0.2) is 23.2 Å². The van der Waals surface area contributed by atoms with E-state index in [-0.39, 0.29) is 0 Å². The van der Waals surface area contributed by atoms with Gasteiger partial charge in [0.15, 0.2) is 37.9 Å². The summed E-state index contributed by atoms with van der Waals surface area (Å²) in [4.78, 5) is 8.18. The van der Waals surface area contributed by atoms with Crippen molar-refractivity contribution in [2.75, 3.05) is 13.2 Å². The Balaban J connectivity index is 0.000000396. The van der Waals surface area contributed by atoms with E-state index < -0.39 is 15.6 Å². The molecule has 0 saturated carbocycles. The van der Waals surface area contributed by atoms with Gasteiger partial charge in [-0.3, -0.25) is 9.97 Å². The van der Waals surface area contributed by atoms with Gasteiger partial charge < -0.3 is 9.47 Å². The summed E-state index contributed by atoms with van der Waals surface area (Å²) in [5, 5.41) is 2.10. The summed E-state index contributed by atoms with van der Waals surface area (Å²) >= 11 is 0. The van der Waals surface area contributed by atoms with Crippen molar-refractivity contribution in [3.63, 3.8) is 0 Å². The van der Waals surface area contributed by atoms with Crippen molar-refractivity contribution in [1.82, 2.24) is 9.97 Å². The van der Waals surface area contributed by atoms with Crippen LogP contribution in [0.25, 0.3) is 33.0 Å². The number of hydrogen-bond donors (Lipinski definition) is 0. The van der Waals surface area contributed by atoms with E-state index in [4.69, 9.17) is 9.47 Å². The van der Waals surface area contributed by atoms with Crippen LogP contribution >= 0.6 is 15.6 Å². The van der Waals surface area contributed by atoms with Gasteiger partial charge in [0, 0.05) is 59.8 Å². The number of nitrogens with zero attached hydrogens (tertiary/aromatic N) is 4. The van der Waals surface area contributed by atoms with Crippen LogP contribution in [0.3, 0.4) is 0 Å². The van der Waals surface area contributed by atoms with Gasteiger partial charge in [0.2, 0.25) is 0 Å². The second kappa shape index (κ2) is 14.6. The van der Waals surface area contributed by atoms with E-state index in [9.17, 15) is 50.4 Å². The number of ether oxygens (including phenoxy) is 2. The fourth-order valence-electron chi connectivity index (χ4n) is 4.71. The molecular formula is C34H30F12N4O2P2. The van der Waals surface area contributed by atoms with E-state index in [0.29, 0.717) is 13.2 Å². The summed E-state index contributed by atoms with van der Waals surface area (Å²) in [7, 11) is -21.3. The molecule has 292 valence electrons. The molecule has 0 N–H and O–H groups in total. The van der Waals surface area contributed by atoms with Crippen molar-refractivity contribution in [2.24, 2.45) is 0 Å². The van der Waals surface area contributed by atoms with Crippen LogP contribution in [0.15, 0.2) is 135 Å². The van der Waals surface area contributed by atoms with Gasteiger partial charge in [0.05, 0.1) is 0 Å². The smallest absolute Gasteiger partial charge is 0.182 e. The van der Waals surface area contributed by atoms with Crippen LogP contribution in [0.4, 0.5) is 50.4 Å². The first-order valence-corrected chi connectivity index (χ1v) is 19.5. The van der Waals surface area contributed by atoms with E-state index in [1.54, 1.807) is 0 Å². The van der Waals surface area contributed by atoms with Crippen LogP contribution in [0.1, 0.15) is 0 Å². The maximum Gasteiger partial charge on any atom is 0.182 e. The van der Waals surface area contributed by atoms with Gasteiger partial charge in [-0.1, -0.05) is 24.3 Å². The van der Waals surface area contributed by atoms with Crippen molar-refractivity contribution < 1.29 is 69.0 Å². The molecule has 0 radical (unpaired) electrons. The zero-order valence-corrected chi connectivity index (χ0v) is 29.4. The van der Waals surface area contributed by atoms with Crippen molar-refractivity contribution in [2.45, 2.75) is 13.1 Å². The Morgan fingerprint density at radius 1 is 0.407 bits per heavy atom. The molecule has 0 unspecified atom stereocenters. The molecule has 4 heterocycles. The summed E-state index contributed by atoms with van der Waals surface area (Å²) in [6.07, 6.45) is 15.6. The zero-order valence-electron chi connectivity index (χ0n) is 27.6. The second-order valence-electron chi connectivity index (χ2n) is 11.3. The van der Waals surface area contributed by atoms with E-state index in [0.717, 1.165) is 46.5 Å². The Bertz CT molecular complexity index is 1970. The van der Waals surface area contributed by atoms with Gasteiger partial charge in [-0.2, -0.15) is 0 Å². The van der Waals surface area contributed by atoms with Gasteiger partial charge in [0.25, 0.3) is 0 Å². The molecule has 0 aliphatic carbocycles. The van der Waals surface area contributed by atoms with Crippen molar-refractivity contribution in [3.05, 3.63) is 135 Å². The van der Waals surface area contributed by atoms with Crippen LogP contribution in [-0.2, 0) is 13.1 Å². The molecule has 6 nitrogen and oxygen atoms in total. The maximum absolute atomic E-state index is 10.7. The van der Waals surface area contributed by atoms with Crippen LogP contribution in [0.2, 0.25) is 0 Å². The number of hydrogen-bond acceptors (Lipinski definition) is 4. The van der Waals surface area contributed by atoms with E-state index >= 15 is 0 Å². The zero-order chi connectivity index (χ0) is 39.8. The molecule has 2 aromatic carbocycles. The first-order valence-electron chi connectivity index (χ1n) is 15.4. The van der Waals surface area contributed by atoms with E-state index in [1.165, 1.54) is 11.1 Å². The molecule has 0 bridgehead atoms. The standard InChI is InChI=1S/C34H30N4O2.2F6P/c1-3-31-32(33(5-1)39-25-23-37-19-11-29(12-20-37)27-7-15-35-16-8-27)4-2-6-34(31)40-26-24-38-21-13-30(14-22-38)28-9-17-36-18-10-28;2*1-7(2,3,4,5)6/h1-22H,23-26H2;;/q+2;2*-1. The topological polar surface area (TPSA) is 52.0 Å². The number of fused-ring (bicyclic) bond motifs is 1. The summed E-state index contributed by atoms with van der Waals surface area (Å²) in [5.74, 6) is 1.72. The van der Waals surface area contributed by atoms with E-state index in [2.05, 4.69) is 80.3 Å². The molecule has 20 heteroatoms. The van der Waals surface area contributed by atoms with Crippen molar-refractivity contribution in [3.8, 4) is 33.8 Å². The number of rotatable bonds is 10. The average Bonchev–Trinajstić information content (AvgIpc) is 3.07. The predicted molar refractivity (Wildman–Crippen MR) is 182 cm³/mol. The Hall–Kier alpha value is -5.08. The summed E-state index contributed by atoms with van der Waals surface area (Å²) < 4.78 is 135. The molecular weight excluding hydrogens is 786 g/mol. The third-order valence-electron chi connectivity index (χ3n) is 6.87. The minimum Gasteiger partial charge on any atom is -0.486 e. The Morgan fingerprint density at radius 3 is 0.981 bits per heavy atom. The van der Waals surface area contributed by atoms with Gasteiger partial charge in [0.1, 0.15) is 24.7 Å². The fourth-order valence-corrected chi connectivity index (χ4v) is 4.71. The molecule has 0 aliphatic rings. The van der Waals surface area contributed by atoms with Crippen LogP contribution < -0.4 is 18.6 Å². The molecule has 4 aromatic heterocycles. The van der Waals surface area contributed by atoms with Crippen LogP contribution in [0, 0.1) is 0 Å². The first-order chi connectivity index (χ1) is 24.7. The van der Waals surface area contributed by atoms with Crippen molar-refractivity contribution in [1.29, 1.82) is 0 Å². The molecule has 54 heavy (non-hydrogen) atoms. The van der Waals surface area contributed by atoms with Gasteiger partial charge in [-0.25, -0.2) is 9.13 Å². The Kier molecular flexibility index (Phi) is 11.3.